The highest BCUT2D eigenvalue weighted by atomic mass is 16.6. The van der Waals surface area contributed by atoms with Crippen LogP contribution in [0.3, 0.4) is 0 Å². The van der Waals surface area contributed by atoms with Crippen LogP contribution in [0.4, 0.5) is 4.79 Å². The molecule has 27 heavy (non-hydrogen) atoms. The molecular weight excluding hydrogens is 346 g/mol. The number of H-pyrrole nitrogens is 1. The lowest BCUT2D eigenvalue weighted by Gasteiger charge is -2.24. The average Bonchev–Trinajstić information content (AvgIpc) is 2.91. The normalized spacial score (nSPS) is 14.6. The smallest absolute Gasteiger partial charge is 0.408 e. The van der Waals surface area contributed by atoms with E-state index < -0.39 is 29.6 Å². The first-order valence-electron chi connectivity index (χ1n) is 9.00. The molecule has 1 amide bonds. The first-order chi connectivity index (χ1) is 12.3. The van der Waals surface area contributed by atoms with Gasteiger partial charge < -0.3 is 20.1 Å². The third kappa shape index (κ3) is 5.21. The predicted octanol–water partition coefficient (Wildman–Crippen LogP) is 4.15. The lowest BCUT2D eigenvalue weighted by molar-refractivity contribution is -0.142. The van der Waals surface area contributed by atoms with Gasteiger partial charge in [-0.15, -0.1) is 0 Å². The fourth-order valence-corrected chi connectivity index (χ4v) is 2.65. The monoisotopic (exact) mass is 375 g/mol. The Hall–Kier alpha value is -2.57. The summed E-state index contributed by atoms with van der Waals surface area (Å²) in [6, 6.07) is 5.06. The number of imidazole rings is 1. The number of carboxylic acids is 1. The Labute approximate surface area is 159 Å². The standard InChI is InChI=1S/C20H29N3O4/c1-11(17(24)25)15(23-18(26)27-20(5,6)7)16-21-13-9-8-12(19(2,3)4)10-14(13)22-16/h8-11,15H,1-7H3,(H,21,22)(H,23,26)(H,24,25)/t11?,15-/m0/s1. The molecule has 1 aromatic carbocycles. The molecule has 0 saturated carbocycles. The van der Waals surface area contributed by atoms with E-state index in [2.05, 4.69) is 36.1 Å². The van der Waals surface area contributed by atoms with E-state index in [9.17, 15) is 14.7 Å². The van der Waals surface area contributed by atoms with Crippen LogP contribution in [0.5, 0.6) is 0 Å². The third-order valence-electron chi connectivity index (χ3n) is 4.22. The molecule has 2 aromatic rings. The summed E-state index contributed by atoms with van der Waals surface area (Å²) in [5, 5.41) is 12.1. The zero-order chi connectivity index (χ0) is 20.6. The molecule has 0 spiro atoms. The summed E-state index contributed by atoms with van der Waals surface area (Å²) in [6.45, 7) is 13.1. The molecule has 7 heteroatoms. The maximum absolute atomic E-state index is 12.2. The van der Waals surface area contributed by atoms with E-state index in [0.29, 0.717) is 11.3 Å². The first-order valence-corrected chi connectivity index (χ1v) is 9.00. The molecule has 1 heterocycles. The number of carboxylic acid groups (broad SMARTS) is 1. The minimum Gasteiger partial charge on any atom is -0.481 e. The fraction of sp³-hybridized carbons (Fsp3) is 0.550. The van der Waals surface area contributed by atoms with E-state index in [1.54, 1.807) is 20.8 Å². The van der Waals surface area contributed by atoms with Gasteiger partial charge in [-0.05, 0) is 50.8 Å². The van der Waals surface area contributed by atoms with Crippen molar-refractivity contribution in [3.05, 3.63) is 29.6 Å². The number of nitrogens with one attached hydrogen (secondary N) is 2. The van der Waals surface area contributed by atoms with Crippen LogP contribution in [0, 0.1) is 5.92 Å². The van der Waals surface area contributed by atoms with E-state index in [-0.39, 0.29) is 5.41 Å². The molecule has 1 aromatic heterocycles. The van der Waals surface area contributed by atoms with Crippen molar-refractivity contribution in [1.29, 1.82) is 0 Å². The van der Waals surface area contributed by atoms with E-state index in [1.165, 1.54) is 6.92 Å². The van der Waals surface area contributed by atoms with Crippen molar-refractivity contribution in [2.75, 3.05) is 0 Å². The second kappa shape index (κ2) is 7.21. The van der Waals surface area contributed by atoms with Crippen LogP contribution in [-0.4, -0.2) is 32.7 Å². The summed E-state index contributed by atoms with van der Waals surface area (Å²) in [7, 11) is 0. The lowest BCUT2D eigenvalue weighted by Crippen LogP contribution is -2.39. The van der Waals surface area contributed by atoms with E-state index in [4.69, 9.17) is 4.74 Å². The van der Waals surface area contributed by atoms with Crippen molar-refractivity contribution >= 4 is 23.1 Å². The number of carbonyl (C=O) groups is 2. The number of aromatic amines is 1. The van der Waals surface area contributed by atoms with Crippen LogP contribution < -0.4 is 5.32 Å². The highest BCUT2D eigenvalue weighted by molar-refractivity contribution is 5.78. The summed E-state index contributed by atoms with van der Waals surface area (Å²) in [5.41, 5.74) is 1.93. The SMILES string of the molecule is CC(C(=O)O)[C@H](NC(=O)OC(C)(C)C)c1nc2ccc(C(C)(C)C)cc2[nH]1. The summed E-state index contributed by atoms with van der Waals surface area (Å²) in [5.74, 6) is -1.54. The number of fused-ring (bicyclic) bond motifs is 1. The number of hydrogen-bond donors (Lipinski definition) is 3. The summed E-state index contributed by atoms with van der Waals surface area (Å²) in [4.78, 5) is 31.4. The van der Waals surface area contributed by atoms with Crippen LogP contribution >= 0.6 is 0 Å². The van der Waals surface area contributed by atoms with Crippen LogP contribution in [0.15, 0.2) is 18.2 Å². The van der Waals surface area contributed by atoms with Crippen molar-refractivity contribution in [3.8, 4) is 0 Å². The van der Waals surface area contributed by atoms with Gasteiger partial charge >= 0.3 is 12.1 Å². The van der Waals surface area contributed by atoms with Crippen molar-refractivity contribution in [3.63, 3.8) is 0 Å². The Morgan fingerprint density at radius 3 is 2.33 bits per heavy atom. The molecule has 0 aliphatic heterocycles. The van der Waals surface area contributed by atoms with Crippen LogP contribution in [-0.2, 0) is 14.9 Å². The highest BCUT2D eigenvalue weighted by Crippen LogP contribution is 2.28. The number of carbonyl (C=O) groups excluding carboxylic acids is 1. The minimum absolute atomic E-state index is 0.0258. The molecule has 1 unspecified atom stereocenters. The van der Waals surface area contributed by atoms with Crippen molar-refractivity contribution < 1.29 is 19.4 Å². The van der Waals surface area contributed by atoms with Crippen molar-refractivity contribution in [1.82, 2.24) is 15.3 Å². The zero-order valence-electron chi connectivity index (χ0n) is 17.0. The number of benzene rings is 1. The molecule has 7 nitrogen and oxygen atoms in total. The molecule has 3 N–H and O–H groups in total. The molecule has 0 fully saturated rings. The highest BCUT2D eigenvalue weighted by Gasteiger charge is 2.31. The maximum Gasteiger partial charge on any atom is 0.408 e. The van der Waals surface area contributed by atoms with Gasteiger partial charge in [0.05, 0.1) is 17.0 Å². The van der Waals surface area contributed by atoms with Crippen molar-refractivity contribution in [2.45, 2.75) is 65.5 Å². The van der Waals surface area contributed by atoms with E-state index >= 15 is 0 Å². The Morgan fingerprint density at radius 1 is 1.19 bits per heavy atom. The minimum atomic E-state index is -1.04. The zero-order valence-corrected chi connectivity index (χ0v) is 17.0. The molecule has 0 aliphatic rings. The third-order valence-corrected chi connectivity index (χ3v) is 4.22. The number of aromatic nitrogens is 2. The second-order valence-corrected chi connectivity index (χ2v) is 8.85. The van der Waals surface area contributed by atoms with Gasteiger partial charge in [-0.2, -0.15) is 0 Å². The lowest BCUT2D eigenvalue weighted by atomic mass is 9.87. The van der Waals surface area contributed by atoms with Crippen LogP contribution in [0.1, 0.15) is 65.9 Å². The Bertz CT molecular complexity index is 843. The molecule has 0 saturated heterocycles. The van der Waals surface area contributed by atoms with Gasteiger partial charge in [0.1, 0.15) is 17.5 Å². The van der Waals surface area contributed by atoms with Gasteiger partial charge in [0.15, 0.2) is 0 Å². The van der Waals surface area contributed by atoms with Crippen LogP contribution in [0.25, 0.3) is 11.0 Å². The number of nitrogens with zero attached hydrogens (tertiary/aromatic N) is 1. The predicted molar refractivity (Wildman–Crippen MR) is 104 cm³/mol. The Morgan fingerprint density at radius 2 is 1.81 bits per heavy atom. The summed E-state index contributed by atoms with van der Waals surface area (Å²) >= 11 is 0. The Balaban J connectivity index is 2.40. The number of aliphatic carboxylic acids is 1. The van der Waals surface area contributed by atoms with Gasteiger partial charge in [-0.3, -0.25) is 4.79 Å². The number of ether oxygens (including phenoxy) is 1. The number of amides is 1. The molecule has 0 aliphatic carbocycles. The molecule has 2 rings (SSSR count). The first kappa shape index (κ1) is 20.7. The van der Waals surface area contributed by atoms with E-state index in [0.717, 1.165) is 11.1 Å². The van der Waals surface area contributed by atoms with Gasteiger partial charge in [0.25, 0.3) is 0 Å². The summed E-state index contributed by atoms with van der Waals surface area (Å²) < 4.78 is 5.27. The largest absolute Gasteiger partial charge is 0.481 e. The second-order valence-electron chi connectivity index (χ2n) is 8.85. The molecule has 0 radical (unpaired) electrons. The summed E-state index contributed by atoms with van der Waals surface area (Å²) in [6.07, 6.45) is -0.684. The van der Waals surface area contributed by atoms with Gasteiger partial charge in [0, 0.05) is 0 Å². The fourth-order valence-electron chi connectivity index (χ4n) is 2.65. The molecular formula is C20H29N3O4. The number of rotatable bonds is 4. The average molecular weight is 375 g/mol. The van der Waals surface area contributed by atoms with Gasteiger partial charge in [-0.25, -0.2) is 9.78 Å². The molecule has 148 valence electrons. The number of hydrogen-bond acceptors (Lipinski definition) is 4. The number of alkyl carbamates (subject to hydrolysis) is 1. The quantitative estimate of drug-likeness (QED) is 0.745. The molecule has 0 bridgehead atoms. The van der Waals surface area contributed by atoms with Gasteiger partial charge in [0.2, 0.25) is 0 Å². The topological polar surface area (TPSA) is 104 Å². The van der Waals surface area contributed by atoms with Gasteiger partial charge in [-0.1, -0.05) is 26.8 Å². The van der Waals surface area contributed by atoms with E-state index in [1.807, 2.05) is 18.2 Å². The maximum atomic E-state index is 12.2. The van der Waals surface area contributed by atoms with Crippen LogP contribution in [0.2, 0.25) is 0 Å². The Kier molecular flexibility index (Phi) is 5.54. The van der Waals surface area contributed by atoms with Crippen molar-refractivity contribution in [2.24, 2.45) is 5.92 Å². The molecule has 2 atom stereocenters.